The van der Waals surface area contributed by atoms with Crippen LogP contribution in [0.15, 0.2) is 24.3 Å². The molecule has 1 aliphatic heterocycles. The lowest BCUT2D eigenvalue weighted by Gasteiger charge is -2.24. The summed E-state index contributed by atoms with van der Waals surface area (Å²) in [6.45, 7) is 5.25. The van der Waals surface area contributed by atoms with Gasteiger partial charge in [-0.05, 0) is 30.9 Å². The highest BCUT2D eigenvalue weighted by atomic mass is 16.2. The van der Waals surface area contributed by atoms with Crippen molar-refractivity contribution >= 4 is 17.4 Å². The number of anilines is 1. The summed E-state index contributed by atoms with van der Waals surface area (Å²) in [6, 6.07) is 7.53. The van der Waals surface area contributed by atoms with Crippen molar-refractivity contribution in [1.82, 2.24) is 0 Å². The zero-order valence-corrected chi connectivity index (χ0v) is 23.0. The van der Waals surface area contributed by atoms with Crippen LogP contribution in [0.25, 0.3) is 0 Å². The van der Waals surface area contributed by atoms with Gasteiger partial charge in [0.25, 0.3) is 11.7 Å². The average molecular weight is 484 g/mol. The maximum Gasteiger partial charge on any atom is 0.299 e. The van der Waals surface area contributed by atoms with Gasteiger partial charge in [-0.3, -0.25) is 9.59 Å². The van der Waals surface area contributed by atoms with Gasteiger partial charge in [-0.25, -0.2) is 0 Å². The van der Waals surface area contributed by atoms with Gasteiger partial charge in [0, 0.05) is 6.54 Å². The molecule has 35 heavy (non-hydrogen) atoms. The molecule has 1 aromatic carbocycles. The quantitative estimate of drug-likeness (QED) is 0.122. The highest BCUT2D eigenvalue weighted by Crippen LogP contribution is 2.31. The van der Waals surface area contributed by atoms with E-state index in [9.17, 15) is 9.59 Å². The number of hydrogen-bond donors (Lipinski definition) is 0. The van der Waals surface area contributed by atoms with Crippen LogP contribution in [0.2, 0.25) is 0 Å². The number of carbonyl (C=O) groups excluding carboxylic acids is 2. The van der Waals surface area contributed by atoms with Crippen molar-refractivity contribution in [3.63, 3.8) is 0 Å². The number of fused-ring (bicyclic) bond motifs is 1. The normalized spacial score (nSPS) is 14.1. The molecular weight excluding hydrogens is 430 g/mol. The van der Waals surface area contributed by atoms with E-state index in [2.05, 4.69) is 13.8 Å². The van der Waals surface area contributed by atoms with Crippen LogP contribution in [-0.2, 0) is 4.79 Å². The van der Waals surface area contributed by atoms with Gasteiger partial charge in [-0.1, -0.05) is 142 Å². The lowest BCUT2D eigenvalue weighted by Crippen LogP contribution is -2.34. The summed E-state index contributed by atoms with van der Waals surface area (Å²) in [5, 5.41) is 0. The molecule has 0 radical (unpaired) electrons. The Morgan fingerprint density at radius 3 is 1.51 bits per heavy atom. The molecule has 0 saturated carbocycles. The molecule has 0 aliphatic carbocycles. The smallest absolute Gasteiger partial charge is 0.299 e. The van der Waals surface area contributed by atoms with Crippen molar-refractivity contribution in [2.24, 2.45) is 5.92 Å². The number of nitrogens with zero attached hydrogens (tertiary/aromatic N) is 1. The lowest BCUT2D eigenvalue weighted by atomic mass is 9.93. The molecule has 1 aliphatic rings. The molecule has 2 rings (SSSR count). The number of unbranched alkanes of at least 4 members (excludes halogenated alkanes) is 16. The number of ketones is 1. The van der Waals surface area contributed by atoms with E-state index in [4.69, 9.17) is 0 Å². The third kappa shape index (κ3) is 11.3. The van der Waals surface area contributed by atoms with Crippen molar-refractivity contribution in [2.45, 2.75) is 142 Å². The first kappa shape index (κ1) is 29.6. The predicted octanol–water partition coefficient (Wildman–Crippen LogP) is 9.67. The van der Waals surface area contributed by atoms with Gasteiger partial charge in [0.2, 0.25) is 0 Å². The van der Waals surface area contributed by atoms with Crippen molar-refractivity contribution in [3.8, 4) is 0 Å². The van der Waals surface area contributed by atoms with Gasteiger partial charge in [-0.15, -0.1) is 0 Å². The molecule has 1 aromatic rings. The van der Waals surface area contributed by atoms with E-state index >= 15 is 0 Å². The van der Waals surface area contributed by atoms with Gasteiger partial charge in [0.1, 0.15) is 0 Å². The summed E-state index contributed by atoms with van der Waals surface area (Å²) in [4.78, 5) is 26.9. The Balaban J connectivity index is 1.74. The van der Waals surface area contributed by atoms with Gasteiger partial charge < -0.3 is 4.90 Å². The maximum absolute atomic E-state index is 12.7. The molecule has 1 amide bonds. The molecular formula is C32H53NO2. The molecule has 0 fully saturated rings. The molecule has 1 heterocycles. The summed E-state index contributed by atoms with van der Waals surface area (Å²) in [5.74, 6) is -0.160. The topological polar surface area (TPSA) is 37.4 Å². The van der Waals surface area contributed by atoms with Crippen LogP contribution < -0.4 is 4.90 Å². The monoisotopic (exact) mass is 483 g/mol. The fraction of sp³-hybridized carbons (Fsp3) is 0.750. The van der Waals surface area contributed by atoms with Crippen molar-refractivity contribution in [3.05, 3.63) is 29.8 Å². The minimum absolute atomic E-state index is 0.324. The highest BCUT2D eigenvalue weighted by molar-refractivity contribution is 6.52. The van der Waals surface area contributed by atoms with Crippen molar-refractivity contribution < 1.29 is 9.59 Å². The Kier molecular flexibility index (Phi) is 15.7. The first-order valence-electron chi connectivity index (χ1n) is 15.1. The Bertz CT molecular complexity index is 713. The van der Waals surface area contributed by atoms with Crippen LogP contribution in [0.1, 0.15) is 153 Å². The fourth-order valence-corrected chi connectivity index (χ4v) is 5.50. The Hall–Kier alpha value is -1.64. The number of benzene rings is 1. The van der Waals surface area contributed by atoms with Gasteiger partial charge in [-0.2, -0.15) is 0 Å². The van der Waals surface area contributed by atoms with Crippen molar-refractivity contribution in [1.29, 1.82) is 0 Å². The third-order valence-corrected chi connectivity index (χ3v) is 7.75. The van der Waals surface area contributed by atoms with E-state index < -0.39 is 0 Å². The van der Waals surface area contributed by atoms with Crippen LogP contribution >= 0.6 is 0 Å². The second-order valence-electron chi connectivity index (χ2n) is 10.9. The molecule has 0 bridgehead atoms. The summed E-state index contributed by atoms with van der Waals surface area (Å²) < 4.78 is 0. The molecule has 1 unspecified atom stereocenters. The summed E-state index contributed by atoms with van der Waals surface area (Å²) >= 11 is 0. The lowest BCUT2D eigenvalue weighted by molar-refractivity contribution is -0.114. The van der Waals surface area contributed by atoms with Crippen LogP contribution in [0.5, 0.6) is 0 Å². The van der Waals surface area contributed by atoms with Gasteiger partial charge >= 0.3 is 0 Å². The van der Waals surface area contributed by atoms with E-state index in [1.807, 2.05) is 18.2 Å². The van der Waals surface area contributed by atoms with E-state index in [-0.39, 0.29) is 11.7 Å². The second kappa shape index (κ2) is 18.6. The van der Waals surface area contributed by atoms with E-state index in [1.54, 1.807) is 11.0 Å². The zero-order valence-electron chi connectivity index (χ0n) is 23.0. The molecule has 3 nitrogen and oxygen atoms in total. The molecule has 0 N–H and O–H groups in total. The van der Waals surface area contributed by atoms with E-state index in [0.717, 1.165) is 5.69 Å². The predicted molar refractivity (Wildman–Crippen MR) is 150 cm³/mol. The van der Waals surface area contributed by atoms with Crippen LogP contribution in [0, 0.1) is 5.92 Å². The summed E-state index contributed by atoms with van der Waals surface area (Å²) in [5.41, 5.74) is 1.41. The van der Waals surface area contributed by atoms with Gasteiger partial charge in [0.15, 0.2) is 0 Å². The fourth-order valence-electron chi connectivity index (χ4n) is 5.50. The Labute approximate surface area is 216 Å². The number of para-hydroxylation sites is 1. The first-order chi connectivity index (χ1) is 17.2. The minimum atomic E-state index is -0.328. The van der Waals surface area contributed by atoms with Gasteiger partial charge in [0.05, 0.1) is 11.3 Å². The molecule has 0 spiro atoms. The third-order valence-electron chi connectivity index (χ3n) is 7.75. The molecule has 1 atom stereocenters. The highest BCUT2D eigenvalue weighted by Gasteiger charge is 2.36. The van der Waals surface area contributed by atoms with Crippen LogP contribution in [-0.4, -0.2) is 18.2 Å². The van der Waals surface area contributed by atoms with Crippen LogP contribution in [0.3, 0.4) is 0 Å². The Morgan fingerprint density at radius 2 is 1.03 bits per heavy atom. The maximum atomic E-state index is 12.7. The summed E-state index contributed by atoms with van der Waals surface area (Å²) in [6.07, 6.45) is 26.5. The molecule has 198 valence electrons. The minimum Gasteiger partial charge on any atom is -0.304 e. The summed E-state index contributed by atoms with van der Waals surface area (Å²) in [7, 11) is 0. The second-order valence-corrected chi connectivity index (χ2v) is 10.9. The molecule has 0 saturated heterocycles. The number of rotatable bonds is 22. The number of carbonyl (C=O) groups is 2. The number of Topliss-reactive ketones (excluding diaryl/α,β-unsaturated/α-hetero) is 1. The number of amides is 1. The zero-order chi connectivity index (χ0) is 25.1. The Morgan fingerprint density at radius 1 is 0.600 bits per heavy atom. The SMILES string of the molecule is CCCCCCCCCCCCC(CCCCCCCCCC)CN1C(=O)C(=O)c2ccccc21. The average Bonchev–Trinajstić information content (AvgIpc) is 3.11. The van der Waals surface area contributed by atoms with Crippen LogP contribution in [0.4, 0.5) is 5.69 Å². The first-order valence-corrected chi connectivity index (χ1v) is 15.1. The standard InChI is InChI=1S/C32H53NO2/c1-3-5-7-9-11-13-14-16-18-20-24-28(23-19-17-15-12-10-8-6-4-2)27-33-30-26-22-21-25-29(30)31(34)32(33)35/h21-22,25-26,28H,3-20,23-24,27H2,1-2H3. The van der Waals surface area contributed by atoms with E-state index in [0.29, 0.717) is 18.0 Å². The largest absolute Gasteiger partial charge is 0.304 e. The van der Waals surface area contributed by atoms with Crippen molar-refractivity contribution in [2.75, 3.05) is 11.4 Å². The van der Waals surface area contributed by atoms with E-state index in [1.165, 1.54) is 128 Å². The molecule has 0 aromatic heterocycles. The molecule has 3 heteroatoms. The number of hydrogen-bond acceptors (Lipinski definition) is 2.